The predicted octanol–water partition coefficient (Wildman–Crippen LogP) is 1.85. The Morgan fingerprint density at radius 2 is 2.15 bits per heavy atom. The molecule has 0 heterocycles. The maximum Gasteiger partial charge on any atom is 0.141 e. The first kappa shape index (κ1) is 6.60. The van der Waals surface area contributed by atoms with Crippen LogP contribution in [0.2, 0.25) is 0 Å². The summed E-state index contributed by atoms with van der Waals surface area (Å²) in [6.45, 7) is 0. The lowest BCUT2D eigenvalue weighted by molar-refractivity contribution is -0.122. The molecule has 1 nitrogen and oxygen atoms in total. The highest BCUT2D eigenvalue weighted by Gasteiger charge is 2.85. The van der Waals surface area contributed by atoms with Gasteiger partial charge in [-0.25, -0.2) is 0 Å². The zero-order valence-corrected chi connectivity index (χ0v) is 8.83. The summed E-state index contributed by atoms with van der Waals surface area (Å²) in [5.41, 5.74) is 0. The Kier molecular flexibility index (Phi) is 0.742. The smallest absolute Gasteiger partial charge is 0.141 e. The van der Waals surface area contributed by atoms with Gasteiger partial charge in [0.15, 0.2) is 0 Å². The molecule has 0 saturated heterocycles. The highest BCUT2D eigenvalue weighted by Crippen LogP contribution is 2.84. The van der Waals surface area contributed by atoms with Crippen LogP contribution in [0, 0.1) is 41.4 Å². The van der Waals surface area contributed by atoms with Gasteiger partial charge in [0, 0.05) is 16.2 Å². The number of rotatable bonds is 0. The molecule has 68 valence electrons. The Hall–Kier alpha value is 0.150. The molecule has 0 aromatic rings. The molecule has 6 fully saturated rings. The summed E-state index contributed by atoms with van der Waals surface area (Å²) in [5, 5.41) is 0. The Bertz CT molecular complexity index is 365. The van der Waals surface area contributed by atoms with Gasteiger partial charge in [0.1, 0.15) is 5.78 Å². The topological polar surface area (TPSA) is 17.1 Å². The van der Waals surface area contributed by atoms with Crippen molar-refractivity contribution in [3.63, 3.8) is 0 Å². The van der Waals surface area contributed by atoms with Gasteiger partial charge in [0.05, 0.1) is 0 Å². The van der Waals surface area contributed by atoms with Crippen molar-refractivity contribution in [1.82, 2.24) is 0 Å². The van der Waals surface area contributed by atoms with Gasteiger partial charge in [0.2, 0.25) is 0 Å². The third-order valence-electron chi connectivity index (χ3n) is 6.03. The van der Waals surface area contributed by atoms with Crippen molar-refractivity contribution in [2.75, 3.05) is 0 Å². The molecule has 0 aromatic carbocycles. The molecule has 6 aliphatic carbocycles. The average Bonchev–Trinajstić information content (AvgIpc) is 2.70. The summed E-state index contributed by atoms with van der Waals surface area (Å²) in [4.78, 5) is 12.1. The lowest BCUT2D eigenvalue weighted by atomic mass is 9.71. The lowest BCUT2D eigenvalue weighted by Gasteiger charge is -2.37. The van der Waals surface area contributed by atoms with E-state index in [1.165, 1.54) is 12.8 Å². The molecule has 6 bridgehead atoms. The normalized spacial score (nSPS) is 79.8. The average molecular weight is 239 g/mol. The molecule has 6 aliphatic rings. The van der Waals surface area contributed by atoms with E-state index in [1.54, 1.807) is 0 Å². The van der Waals surface area contributed by atoms with E-state index in [4.69, 9.17) is 0 Å². The van der Waals surface area contributed by atoms with Gasteiger partial charge >= 0.3 is 0 Å². The van der Waals surface area contributed by atoms with Crippen LogP contribution in [0.15, 0.2) is 0 Å². The van der Waals surface area contributed by atoms with E-state index in [-0.39, 0.29) is 0 Å². The first-order chi connectivity index (χ1) is 6.23. The van der Waals surface area contributed by atoms with Crippen molar-refractivity contribution in [1.29, 1.82) is 0 Å². The van der Waals surface area contributed by atoms with Crippen LogP contribution < -0.4 is 0 Å². The third kappa shape index (κ3) is 0.383. The molecule has 0 aliphatic heterocycles. The Morgan fingerprint density at radius 3 is 2.92 bits per heavy atom. The van der Waals surface area contributed by atoms with Crippen LogP contribution >= 0.6 is 15.9 Å². The number of Topliss-reactive ketones (excluding diaryl/α,β-unsaturated/α-hetero) is 1. The van der Waals surface area contributed by atoms with Crippen molar-refractivity contribution in [2.24, 2.45) is 41.4 Å². The van der Waals surface area contributed by atoms with Crippen molar-refractivity contribution in [2.45, 2.75) is 17.2 Å². The van der Waals surface area contributed by atoms with Crippen LogP contribution in [0.4, 0.5) is 0 Å². The molecule has 0 amide bonds. The quantitative estimate of drug-likeness (QED) is 0.589. The minimum Gasteiger partial charge on any atom is -0.299 e. The molecule has 0 radical (unpaired) electrons. The second-order valence-corrected chi connectivity index (χ2v) is 7.34. The van der Waals surface area contributed by atoms with Crippen molar-refractivity contribution < 1.29 is 4.79 Å². The molecule has 8 atom stereocenters. The zero-order chi connectivity index (χ0) is 8.53. The summed E-state index contributed by atoms with van der Waals surface area (Å²) in [6, 6.07) is 0. The second kappa shape index (κ2) is 1.46. The Labute approximate surface area is 85.4 Å². The van der Waals surface area contributed by atoms with Gasteiger partial charge < -0.3 is 0 Å². The lowest BCUT2D eigenvalue weighted by Crippen LogP contribution is -2.39. The fraction of sp³-hybridized carbons (Fsp3) is 0.909. The molecule has 13 heavy (non-hydrogen) atoms. The Balaban J connectivity index is 1.94. The monoisotopic (exact) mass is 238 g/mol. The van der Waals surface area contributed by atoms with Crippen LogP contribution in [0.1, 0.15) is 12.8 Å². The number of carbonyl (C=O) groups excluding carboxylic acids is 1. The van der Waals surface area contributed by atoms with E-state index >= 15 is 0 Å². The van der Waals surface area contributed by atoms with Crippen molar-refractivity contribution in [3.05, 3.63) is 0 Å². The highest BCUT2D eigenvalue weighted by molar-refractivity contribution is 9.10. The molecule has 0 N–H and O–H groups in total. The largest absolute Gasteiger partial charge is 0.299 e. The Morgan fingerprint density at radius 1 is 1.31 bits per heavy atom. The fourth-order valence-electron chi connectivity index (χ4n) is 6.19. The zero-order valence-electron chi connectivity index (χ0n) is 7.24. The van der Waals surface area contributed by atoms with E-state index in [2.05, 4.69) is 15.9 Å². The van der Waals surface area contributed by atoms with E-state index in [9.17, 15) is 4.79 Å². The summed E-state index contributed by atoms with van der Waals surface area (Å²) >= 11 is 3.94. The van der Waals surface area contributed by atoms with Gasteiger partial charge in [-0.15, -0.1) is 0 Å². The predicted molar refractivity (Wildman–Crippen MR) is 50.3 cm³/mol. The summed E-state index contributed by atoms with van der Waals surface area (Å²) in [6.07, 6.45) is 2.73. The SMILES string of the molecule is O=C1[C@H]2[C@H]3C[C@@H]4[C@@H]5C[C@](Br)([C@@H]42)[C@@H]1[C@@H]35. The van der Waals surface area contributed by atoms with Crippen LogP contribution in [-0.4, -0.2) is 10.1 Å². The molecular formula is C11H11BrO. The molecular weight excluding hydrogens is 228 g/mol. The molecule has 6 rings (SSSR count). The van der Waals surface area contributed by atoms with Crippen LogP contribution in [0.25, 0.3) is 0 Å². The number of alkyl halides is 1. The molecule has 6 saturated carbocycles. The molecule has 2 heteroatoms. The molecule has 0 unspecified atom stereocenters. The van der Waals surface area contributed by atoms with Crippen molar-refractivity contribution in [3.8, 4) is 0 Å². The molecule has 0 aromatic heterocycles. The number of hydrogen-bond acceptors (Lipinski definition) is 1. The van der Waals surface area contributed by atoms with Gasteiger partial charge in [-0.3, -0.25) is 4.79 Å². The summed E-state index contributed by atoms with van der Waals surface area (Å²) in [7, 11) is 0. The standard InChI is InChI=1S/C11H11BrO/c12-11-2-5-3-1-4-6(5)9(11)10(13)7(4)8(3)11/h3-9H,1-2H2/t3-,4+,5+,6+,7+,8+,9-,11+/m1/s1. The van der Waals surface area contributed by atoms with Gasteiger partial charge in [-0.2, -0.15) is 0 Å². The number of carbonyl (C=O) groups is 1. The number of hydrogen-bond donors (Lipinski definition) is 0. The highest BCUT2D eigenvalue weighted by atomic mass is 79.9. The maximum absolute atomic E-state index is 12.1. The van der Waals surface area contributed by atoms with Gasteiger partial charge in [-0.1, -0.05) is 15.9 Å². The molecule has 0 spiro atoms. The van der Waals surface area contributed by atoms with Crippen LogP contribution in [0.3, 0.4) is 0 Å². The van der Waals surface area contributed by atoms with Gasteiger partial charge in [-0.05, 0) is 42.4 Å². The van der Waals surface area contributed by atoms with Crippen LogP contribution in [0.5, 0.6) is 0 Å². The minimum atomic E-state index is 0.307. The van der Waals surface area contributed by atoms with E-state index in [0.29, 0.717) is 21.9 Å². The van der Waals surface area contributed by atoms with E-state index in [1.807, 2.05) is 0 Å². The summed E-state index contributed by atoms with van der Waals surface area (Å²) in [5.74, 6) is 5.94. The first-order valence-electron chi connectivity index (χ1n) is 5.46. The third-order valence-corrected chi connectivity index (χ3v) is 7.38. The van der Waals surface area contributed by atoms with E-state index in [0.717, 1.165) is 29.6 Å². The van der Waals surface area contributed by atoms with Crippen molar-refractivity contribution >= 4 is 21.7 Å². The van der Waals surface area contributed by atoms with Gasteiger partial charge in [0.25, 0.3) is 0 Å². The first-order valence-corrected chi connectivity index (χ1v) is 6.25. The minimum absolute atomic E-state index is 0.307. The fourth-order valence-corrected chi connectivity index (χ4v) is 7.72. The maximum atomic E-state index is 12.1. The number of ketones is 1. The van der Waals surface area contributed by atoms with E-state index < -0.39 is 0 Å². The van der Waals surface area contributed by atoms with Crippen LogP contribution in [-0.2, 0) is 4.79 Å². The second-order valence-electron chi connectivity index (χ2n) is 5.87. The number of halogens is 1. The summed E-state index contributed by atoms with van der Waals surface area (Å²) < 4.78 is 0.307.